The molecular weight excluding hydrogens is 582 g/mol. The minimum absolute atomic E-state index is 0.0232. The van der Waals surface area contributed by atoms with E-state index >= 15 is 0 Å². The number of nitrogens with zero attached hydrogens (tertiary/aromatic N) is 1. The first-order valence-electron chi connectivity index (χ1n) is 19.9. The van der Waals surface area contributed by atoms with E-state index in [1.807, 2.05) is 0 Å². The highest BCUT2D eigenvalue weighted by molar-refractivity contribution is 5.83. The molecule has 10 atom stereocenters. The van der Waals surface area contributed by atoms with Crippen LogP contribution in [0.4, 0.5) is 0 Å². The molecule has 47 heavy (non-hydrogen) atoms. The molecule has 0 aromatic carbocycles. The maximum atomic E-state index is 14.7. The molecule has 5 rings (SSSR count). The van der Waals surface area contributed by atoms with Crippen LogP contribution < -0.4 is 0 Å². The van der Waals surface area contributed by atoms with Crippen LogP contribution in [0.15, 0.2) is 12.2 Å². The zero-order valence-corrected chi connectivity index (χ0v) is 31.5. The third-order valence-corrected chi connectivity index (χ3v) is 16.5. The number of fused-ring (bicyclic) bond motifs is 7. The third-order valence-electron chi connectivity index (χ3n) is 16.5. The molecule has 0 spiro atoms. The fourth-order valence-corrected chi connectivity index (χ4v) is 13.7. The predicted molar refractivity (Wildman–Crippen MR) is 192 cm³/mol. The largest absolute Gasteiger partial charge is 0.481 e. The summed E-state index contributed by atoms with van der Waals surface area (Å²) in [5.74, 6) is 2.42. The van der Waals surface area contributed by atoms with Gasteiger partial charge in [0.2, 0.25) is 5.91 Å². The van der Waals surface area contributed by atoms with Gasteiger partial charge in [-0.1, -0.05) is 85.3 Å². The first-order valence-corrected chi connectivity index (χ1v) is 19.9. The Morgan fingerprint density at radius 1 is 0.745 bits per heavy atom. The number of aliphatic hydroxyl groups excluding tert-OH is 1. The van der Waals surface area contributed by atoms with E-state index < -0.39 is 5.97 Å². The smallest absolute Gasteiger partial charge is 0.303 e. The van der Waals surface area contributed by atoms with Crippen molar-refractivity contribution in [2.75, 3.05) is 13.6 Å². The molecule has 5 aliphatic carbocycles. The van der Waals surface area contributed by atoms with Crippen molar-refractivity contribution in [2.45, 2.75) is 170 Å². The van der Waals surface area contributed by atoms with E-state index in [0.717, 1.165) is 70.8 Å². The van der Waals surface area contributed by atoms with Crippen LogP contribution in [0.1, 0.15) is 164 Å². The summed E-state index contributed by atoms with van der Waals surface area (Å²) < 4.78 is 0. The maximum Gasteiger partial charge on any atom is 0.303 e. The molecule has 0 radical (unpaired) electrons. The van der Waals surface area contributed by atoms with Gasteiger partial charge in [-0.15, -0.1) is 0 Å². The fourth-order valence-electron chi connectivity index (χ4n) is 13.7. The topological polar surface area (TPSA) is 77.8 Å². The minimum Gasteiger partial charge on any atom is -0.481 e. The van der Waals surface area contributed by atoms with Crippen molar-refractivity contribution < 1.29 is 19.8 Å². The van der Waals surface area contributed by atoms with E-state index in [0.29, 0.717) is 41.9 Å². The summed E-state index contributed by atoms with van der Waals surface area (Å²) >= 11 is 0. The lowest BCUT2D eigenvalue weighted by Gasteiger charge is -2.72. The van der Waals surface area contributed by atoms with Crippen LogP contribution in [0.2, 0.25) is 0 Å². The van der Waals surface area contributed by atoms with E-state index in [-0.39, 0.29) is 33.2 Å². The number of aliphatic hydroxyl groups is 1. The summed E-state index contributed by atoms with van der Waals surface area (Å²) in [6.45, 7) is 20.3. The van der Waals surface area contributed by atoms with Crippen LogP contribution in [0.3, 0.4) is 0 Å². The second kappa shape index (κ2) is 13.7. The Bertz CT molecular complexity index is 1160. The molecule has 0 saturated heterocycles. The van der Waals surface area contributed by atoms with Crippen LogP contribution in [0.25, 0.3) is 0 Å². The fraction of sp³-hybridized carbons (Fsp3) is 0.905. The molecule has 0 heterocycles. The van der Waals surface area contributed by atoms with Crippen LogP contribution >= 0.6 is 0 Å². The second-order valence-electron chi connectivity index (χ2n) is 18.9. The van der Waals surface area contributed by atoms with E-state index in [4.69, 9.17) is 5.11 Å². The number of carbonyl (C=O) groups is 2. The number of hydrogen-bond acceptors (Lipinski definition) is 3. The molecule has 0 aromatic rings. The molecule has 2 N–H and O–H groups in total. The van der Waals surface area contributed by atoms with Gasteiger partial charge >= 0.3 is 5.97 Å². The zero-order chi connectivity index (χ0) is 34.4. The molecule has 5 heteroatoms. The van der Waals surface area contributed by atoms with Crippen molar-refractivity contribution in [1.82, 2.24) is 4.90 Å². The molecule has 0 bridgehead atoms. The number of rotatable bonds is 13. The van der Waals surface area contributed by atoms with Gasteiger partial charge in [0.05, 0.1) is 11.5 Å². The van der Waals surface area contributed by atoms with Gasteiger partial charge in [-0.3, -0.25) is 9.59 Å². The van der Waals surface area contributed by atoms with Gasteiger partial charge in [-0.05, 0) is 135 Å². The number of carbonyl (C=O) groups excluding carboxylic acids is 1. The number of unbranched alkanes of at least 4 members (excludes halogenated alkanes) is 7. The average Bonchev–Trinajstić information content (AvgIpc) is 3.41. The highest BCUT2D eigenvalue weighted by atomic mass is 16.4. The quantitative estimate of drug-likeness (QED) is 0.153. The van der Waals surface area contributed by atoms with Crippen molar-refractivity contribution in [3.8, 4) is 0 Å². The number of carboxylic acid groups (broad SMARTS) is 1. The number of allylic oxidation sites excluding steroid dienone is 1. The van der Waals surface area contributed by atoms with Crippen LogP contribution in [-0.2, 0) is 9.59 Å². The highest BCUT2D eigenvalue weighted by Gasteiger charge is 2.72. The Labute approximate surface area is 288 Å². The molecule has 5 aliphatic rings. The number of hydrogen-bond donors (Lipinski definition) is 2. The van der Waals surface area contributed by atoms with Crippen molar-refractivity contribution in [1.29, 1.82) is 0 Å². The molecule has 0 aliphatic heterocycles. The average molecular weight is 654 g/mol. The Hall–Kier alpha value is -1.36. The lowest BCUT2D eigenvalue weighted by Crippen LogP contribution is -2.67. The summed E-state index contributed by atoms with van der Waals surface area (Å²) in [6.07, 6.45) is 20.3. The Balaban J connectivity index is 1.27. The first-order chi connectivity index (χ1) is 22.1. The van der Waals surface area contributed by atoms with Crippen molar-refractivity contribution in [3.63, 3.8) is 0 Å². The van der Waals surface area contributed by atoms with Crippen LogP contribution in [-0.4, -0.2) is 46.7 Å². The van der Waals surface area contributed by atoms with Gasteiger partial charge in [0.1, 0.15) is 0 Å². The predicted octanol–water partition coefficient (Wildman–Crippen LogP) is 10.1. The van der Waals surface area contributed by atoms with E-state index in [2.05, 4.69) is 60.1 Å². The monoisotopic (exact) mass is 654 g/mol. The molecular formula is C42H71NO4. The summed E-state index contributed by atoms with van der Waals surface area (Å²) in [6, 6.07) is 0. The van der Waals surface area contributed by atoms with E-state index in [1.165, 1.54) is 56.9 Å². The van der Waals surface area contributed by atoms with Crippen molar-refractivity contribution in [3.05, 3.63) is 12.2 Å². The van der Waals surface area contributed by atoms with Gasteiger partial charge in [0.25, 0.3) is 0 Å². The van der Waals surface area contributed by atoms with Crippen molar-refractivity contribution in [2.24, 2.45) is 56.7 Å². The standard InChI is InChI=1S/C42H71NO4/c1-29(2)30-20-25-42(37(47)43(8)28-16-14-12-10-9-11-13-15-17-35(45)46)27-26-40(6)31(36(30)42)18-19-33-39(5)23-22-34(44)38(3,4)32(39)21-24-41(33,40)7/h30-34,36,44H,1,9-28H2,2-8H3,(H,45,46)/t30-,31+,32-,33+,34-,36+,39-,40+,41+,42-/m0/s1. The number of aliphatic carboxylic acids is 1. The second-order valence-corrected chi connectivity index (χ2v) is 18.9. The Morgan fingerprint density at radius 2 is 1.38 bits per heavy atom. The summed E-state index contributed by atoms with van der Waals surface area (Å²) in [5.41, 5.74) is 1.80. The summed E-state index contributed by atoms with van der Waals surface area (Å²) in [5, 5.41) is 19.9. The van der Waals surface area contributed by atoms with E-state index in [9.17, 15) is 14.7 Å². The lowest BCUT2D eigenvalue weighted by molar-refractivity contribution is -0.247. The molecule has 0 aromatic heterocycles. The number of amides is 1. The highest BCUT2D eigenvalue weighted by Crippen LogP contribution is 2.77. The number of carboxylic acids is 1. The first kappa shape index (κ1) is 36.9. The summed E-state index contributed by atoms with van der Waals surface area (Å²) in [4.78, 5) is 27.5. The lowest BCUT2D eigenvalue weighted by atomic mass is 9.32. The SMILES string of the molecule is C=C(C)[C@@H]1CC[C@]2(C(=O)N(C)CCCCCCCCCCC(=O)O)CC[C@]3(C)[C@H](CC[C@@H]4[C@@]5(C)CC[C@H](O)C(C)(C)[C@@H]5CC[C@]43C)[C@@H]12. The van der Waals surface area contributed by atoms with Crippen LogP contribution in [0.5, 0.6) is 0 Å². The molecule has 0 unspecified atom stereocenters. The third kappa shape index (κ3) is 6.18. The van der Waals surface area contributed by atoms with Crippen LogP contribution in [0, 0.1) is 56.7 Å². The van der Waals surface area contributed by atoms with Gasteiger partial charge in [0.15, 0.2) is 0 Å². The maximum absolute atomic E-state index is 14.7. The van der Waals surface area contributed by atoms with Gasteiger partial charge in [-0.2, -0.15) is 0 Å². The molecule has 5 saturated carbocycles. The molecule has 5 fully saturated rings. The molecule has 1 amide bonds. The Kier molecular flexibility index (Phi) is 10.8. The minimum atomic E-state index is -0.687. The van der Waals surface area contributed by atoms with Gasteiger partial charge in [0, 0.05) is 20.0 Å². The summed E-state index contributed by atoms with van der Waals surface area (Å²) in [7, 11) is 2.08. The molecule has 5 nitrogen and oxygen atoms in total. The van der Waals surface area contributed by atoms with E-state index in [1.54, 1.807) is 0 Å². The Morgan fingerprint density at radius 3 is 2.02 bits per heavy atom. The molecule has 268 valence electrons. The van der Waals surface area contributed by atoms with Gasteiger partial charge in [-0.25, -0.2) is 0 Å². The van der Waals surface area contributed by atoms with Crippen molar-refractivity contribution >= 4 is 11.9 Å². The zero-order valence-electron chi connectivity index (χ0n) is 31.5. The van der Waals surface area contributed by atoms with Gasteiger partial charge < -0.3 is 15.1 Å². The normalized spacial score (nSPS) is 42.0.